The molecule has 0 radical (unpaired) electrons. The molecule has 88 valence electrons. The molecule has 0 aliphatic rings. The molecule has 0 fully saturated rings. The molecule has 15 heavy (non-hydrogen) atoms. The number of carbonyl (C=O) groups is 1. The molecule has 0 aromatic carbocycles. The van der Waals surface area contributed by atoms with Gasteiger partial charge >= 0.3 is 13.8 Å². The Kier molecular flexibility index (Phi) is 5.13. The average Bonchev–Trinajstić information content (AvgIpc) is 2.14. The molecule has 0 aromatic heterocycles. The van der Waals surface area contributed by atoms with Gasteiger partial charge in [-0.2, -0.15) is 0 Å². The Morgan fingerprint density at radius 1 is 1.60 bits per heavy atom. The van der Waals surface area contributed by atoms with Crippen LogP contribution in [-0.4, -0.2) is 33.3 Å². The number of hydrogen-bond acceptors (Lipinski definition) is 5. The summed E-state index contributed by atoms with van der Waals surface area (Å²) in [7, 11) is -4.86. The number of ether oxygens (including phenoxy) is 1. The molecule has 0 amide bonds. The molecule has 3 N–H and O–H groups in total. The molecule has 0 aromatic rings. The molecule has 0 saturated heterocycles. The van der Waals surface area contributed by atoms with Crippen LogP contribution in [0.25, 0.3) is 0 Å². The van der Waals surface area contributed by atoms with Gasteiger partial charge in [0, 0.05) is 12.5 Å². The van der Waals surface area contributed by atoms with Crippen LogP contribution in [0.3, 0.4) is 0 Å². The molecule has 0 aliphatic heterocycles. The second kappa shape index (κ2) is 5.39. The number of rotatable bonds is 6. The van der Waals surface area contributed by atoms with Crippen molar-refractivity contribution in [1.82, 2.24) is 0 Å². The van der Waals surface area contributed by atoms with Crippen molar-refractivity contribution in [3.8, 4) is 0 Å². The fourth-order valence-electron chi connectivity index (χ4n) is 0.770. The molecule has 0 spiro atoms. The van der Waals surface area contributed by atoms with E-state index in [4.69, 9.17) is 14.9 Å². The third-order valence-electron chi connectivity index (χ3n) is 1.52. The molecule has 0 heterocycles. The first-order chi connectivity index (χ1) is 6.78. The quantitative estimate of drug-likeness (QED) is 0.257. The minimum absolute atomic E-state index is 0.117. The number of hydrogen-bond donors (Lipinski definition) is 3. The number of aliphatic hydroxyl groups excluding tert-OH is 1. The van der Waals surface area contributed by atoms with Gasteiger partial charge in [-0.15, -0.1) is 0 Å². The first-order valence-electron chi connectivity index (χ1n) is 4.01. The van der Waals surface area contributed by atoms with Gasteiger partial charge < -0.3 is 19.6 Å². The fourth-order valence-corrected chi connectivity index (χ4v) is 1.43. The Morgan fingerprint density at radius 3 is 2.40 bits per heavy atom. The Hall–Kier alpha value is -0.720. The summed E-state index contributed by atoms with van der Waals surface area (Å²) in [5.74, 6) is -2.98. The summed E-state index contributed by atoms with van der Waals surface area (Å²) < 4.78 is 19.3. The maximum atomic E-state index is 10.8. The second-order valence-corrected chi connectivity index (χ2v) is 3.79. The van der Waals surface area contributed by atoms with E-state index in [9.17, 15) is 9.36 Å². The predicted octanol–water partition coefficient (Wildman–Crippen LogP) is -0.0765. The standard InChI is InChI=1S/C7H13O7P/c1-3-6(9)13-7(4-2,5-8)14-15(10,11)12/h3,8H,1,4-5H2,2H3,(H2,10,11,12). The van der Waals surface area contributed by atoms with E-state index in [1.807, 2.05) is 0 Å². The van der Waals surface area contributed by atoms with E-state index >= 15 is 0 Å². The van der Waals surface area contributed by atoms with Gasteiger partial charge in [-0.3, -0.25) is 0 Å². The van der Waals surface area contributed by atoms with Gasteiger partial charge in [0.05, 0.1) is 0 Å². The van der Waals surface area contributed by atoms with E-state index in [0.717, 1.165) is 6.08 Å². The van der Waals surface area contributed by atoms with Crippen LogP contribution < -0.4 is 0 Å². The van der Waals surface area contributed by atoms with Crippen molar-refractivity contribution < 1.29 is 33.5 Å². The summed E-state index contributed by atoms with van der Waals surface area (Å²) in [5, 5.41) is 8.90. The van der Waals surface area contributed by atoms with E-state index in [-0.39, 0.29) is 6.42 Å². The molecule has 8 heteroatoms. The van der Waals surface area contributed by atoms with E-state index in [0.29, 0.717) is 0 Å². The van der Waals surface area contributed by atoms with Gasteiger partial charge in [-0.05, 0) is 0 Å². The van der Waals surface area contributed by atoms with E-state index in [1.165, 1.54) is 6.92 Å². The van der Waals surface area contributed by atoms with Crippen molar-refractivity contribution in [3.05, 3.63) is 12.7 Å². The highest BCUT2D eigenvalue weighted by molar-refractivity contribution is 7.46. The van der Waals surface area contributed by atoms with Crippen molar-refractivity contribution in [2.24, 2.45) is 0 Å². The van der Waals surface area contributed by atoms with E-state index in [2.05, 4.69) is 15.8 Å². The van der Waals surface area contributed by atoms with Crippen molar-refractivity contribution in [2.75, 3.05) is 6.61 Å². The Balaban J connectivity index is 4.80. The topological polar surface area (TPSA) is 113 Å². The predicted molar refractivity (Wildman–Crippen MR) is 49.5 cm³/mol. The molecular formula is C7H13O7P. The van der Waals surface area contributed by atoms with Gasteiger partial charge in [0.1, 0.15) is 6.61 Å². The number of carbonyl (C=O) groups excluding carboxylic acids is 1. The van der Waals surface area contributed by atoms with Crippen LogP contribution in [0, 0.1) is 0 Å². The fraction of sp³-hybridized carbons (Fsp3) is 0.571. The van der Waals surface area contributed by atoms with Crippen LogP contribution in [0.4, 0.5) is 0 Å². The third kappa shape index (κ3) is 5.06. The lowest BCUT2D eigenvalue weighted by Crippen LogP contribution is -2.40. The SMILES string of the molecule is C=CC(=O)OC(CC)(CO)OP(=O)(O)O. The van der Waals surface area contributed by atoms with Crippen molar-refractivity contribution in [1.29, 1.82) is 0 Å². The van der Waals surface area contributed by atoms with Gasteiger partial charge in [-0.25, -0.2) is 13.9 Å². The van der Waals surface area contributed by atoms with Crippen molar-refractivity contribution in [3.63, 3.8) is 0 Å². The molecule has 1 atom stereocenters. The second-order valence-electron chi connectivity index (χ2n) is 2.63. The van der Waals surface area contributed by atoms with Crippen LogP contribution in [0.5, 0.6) is 0 Å². The zero-order valence-electron chi connectivity index (χ0n) is 8.12. The number of phosphoric ester groups is 1. The summed E-state index contributed by atoms with van der Waals surface area (Å²) in [5.41, 5.74) is 0. The van der Waals surface area contributed by atoms with Crippen LogP contribution in [0.1, 0.15) is 13.3 Å². The number of phosphoric acid groups is 1. The summed E-state index contributed by atoms with van der Waals surface area (Å²) in [6, 6.07) is 0. The molecule has 7 nitrogen and oxygen atoms in total. The average molecular weight is 240 g/mol. The van der Waals surface area contributed by atoms with E-state index < -0.39 is 26.2 Å². The lowest BCUT2D eigenvalue weighted by atomic mass is 10.2. The maximum absolute atomic E-state index is 10.8. The Labute approximate surface area is 86.6 Å². The molecule has 0 saturated carbocycles. The van der Waals surface area contributed by atoms with Crippen LogP contribution in [-0.2, 0) is 18.6 Å². The zero-order valence-corrected chi connectivity index (χ0v) is 9.01. The lowest BCUT2D eigenvalue weighted by molar-refractivity contribution is -0.211. The first kappa shape index (κ1) is 14.3. The summed E-state index contributed by atoms with van der Waals surface area (Å²) >= 11 is 0. The molecule has 0 bridgehead atoms. The highest BCUT2D eigenvalue weighted by Crippen LogP contribution is 2.42. The van der Waals surface area contributed by atoms with Gasteiger partial charge in [0.15, 0.2) is 0 Å². The van der Waals surface area contributed by atoms with Crippen LogP contribution >= 0.6 is 7.82 Å². The number of esters is 1. The molecular weight excluding hydrogens is 227 g/mol. The van der Waals surface area contributed by atoms with Crippen molar-refractivity contribution in [2.45, 2.75) is 19.1 Å². The monoisotopic (exact) mass is 240 g/mol. The van der Waals surface area contributed by atoms with Crippen LogP contribution in [0.2, 0.25) is 0 Å². The highest BCUT2D eigenvalue weighted by Gasteiger charge is 2.39. The van der Waals surface area contributed by atoms with E-state index in [1.54, 1.807) is 0 Å². The minimum Gasteiger partial charge on any atom is -0.427 e. The van der Waals surface area contributed by atoms with Crippen molar-refractivity contribution >= 4 is 13.8 Å². The van der Waals surface area contributed by atoms with Gasteiger partial charge in [-0.1, -0.05) is 13.5 Å². The molecule has 1 unspecified atom stereocenters. The summed E-state index contributed by atoms with van der Waals surface area (Å²) in [4.78, 5) is 28.0. The minimum atomic E-state index is -4.86. The third-order valence-corrected chi connectivity index (χ3v) is 2.09. The first-order valence-corrected chi connectivity index (χ1v) is 5.54. The summed E-state index contributed by atoms with van der Waals surface area (Å²) in [6.07, 6.45) is 0.678. The normalized spacial score (nSPS) is 15.5. The smallest absolute Gasteiger partial charge is 0.427 e. The largest absolute Gasteiger partial charge is 0.473 e. The van der Waals surface area contributed by atoms with Gasteiger partial charge in [0.2, 0.25) is 5.79 Å². The van der Waals surface area contributed by atoms with Gasteiger partial charge in [0.25, 0.3) is 0 Å². The zero-order chi connectivity index (χ0) is 12.1. The molecule has 0 aliphatic carbocycles. The summed E-state index contributed by atoms with van der Waals surface area (Å²) in [6.45, 7) is 3.67. The Morgan fingerprint density at radius 2 is 2.13 bits per heavy atom. The number of aliphatic hydroxyl groups is 1. The maximum Gasteiger partial charge on any atom is 0.473 e. The molecule has 0 rings (SSSR count). The Bertz CT molecular complexity index is 277. The van der Waals surface area contributed by atoms with Crippen LogP contribution in [0.15, 0.2) is 12.7 Å². The highest BCUT2D eigenvalue weighted by atomic mass is 31.2. The lowest BCUT2D eigenvalue weighted by Gasteiger charge is -2.29.